The van der Waals surface area contributed by atoms with E-state index in [9.17, 15) is 4.79 Å². The number of aryl methyl sites for hydroxylation is 1. The number of ether oxygens (including phenoxy) is 1. The lowest BCUT2D eigenvalue weighted by Gasteiger charge is -2.07. The average Bonchev–Trinajstić information content (AvgIpc) is 2.50. The third kappa shape index (κ3) is 8.38. The second kappa shape index (κ2) is 11.2. The highest BCUT2D eigenvalue weighted by Gasteiger charge is 2.01. The molecule has 0 spiro atoms. The summed E-state index contributed by atoms with van der Waals surface area (Å²) in [5, 5.41) is 2.94. The van der Waals surface area contributed by atoms with Crippen LogP contribution in [0.15, 0.2) is 24.3 Å². The molecular formula is C18H29NO2. The third-order valence-corrected chi connectivity index (χ3v) is 3.38. The van der Waals surface area contributed by atoms with Crippen LogP contribution in [0.5, 0.6) is 5.75 Å². The maximum absolute atomic E-state index is 11.6. The summed E-state index contributed by atoms with van der Waals surface area (Å²) in [5.41, 5.74) is 1.34. The van der Waals surface area contributed by atoms with Crippen LogP contribution in [0.3, 0.4) is 0 Å². The van der Waals surface area contributed by atoms with E-state index in [-0.39, 0.29) is 5.91 Å². The highest BCUT2D eigenvalue weighted by atomic mass is 16.5. The van der Waals surface area contributed by atoms with Gasteiger partial charge < -0.3 is 10.1 Å². The Morgan fingerprint density at radius 2 is 1.81 bits per heavy atom. The molecule has 0 aliphatic rings. The summed E-state index contributed by atoms with van der Waals surface area (Å²) in [4.78, 5) is 11.6. The lowest BCUT2D eigenvalue weighted by atomic mass is 10.1. The first-order valence-corrected chi connectivity index (χ1v) is 8.24. The van der Waals surface area contributed by atoms with Crippen molar-refractivity contribution in [2.45, 2.75) is 58.8 Å². The van der Waals surface area contributed by atoms with E-state index in [0.717, 1.165) is 38.0 Å². The molecule has 0 atom stereocenters. The Hall–Kier alpha value is -1.51. The normalized spacial score (nSPS) is 10.4. The minimum atomic E-state index is 0.132. The zero-order valence-corrected chi connectivity index (χ0v) is 13.5. The van der Waals surface area contributed by atoms with Crippen LogP contribution in [-0.2, 0) is 11.2 Å². The van der Waals surface area contributed by atoms with Gasteiger partial charge in [0.1, 0.15) is 5.75 Å². The van der Waals surface area contributed by atoms with Gasteiger partial charge in [-0.1, -0.05) is 45.2 Å². The summed E-state index contributed by atoms with van der Waals surface area (Å²) >= 11 is 0. The van der Waals surface area contributed by atoms with E-state index in [4.69, 9.17) is 4.74 Å². The Labute approximate surface area is 129 Å². The summed E-state index contributed by atoms with van der Waals surface area (Å²) < 4.78 is 5.65. The van der Waals surface area contributed by atoms with Crippen molar-refractivity contribution < 1.29 is 9.53 Å². The smallest absolute Gasteiger partial charge is 0.220 e. The summed E-state index contributed by atoms with van der Waals surface area (Å²) in [7, 11) is 0. The van der Waals surface area contributed by atoms with Gasteiger partial charge in [-0.2, -0.15) is 0 Å². The molecule has 0 radical (unpaired) electrons. The number of carbonyl (C=O) groups is 1. The van der Waals surface area contributed by atoms with Crippen LogP contribution >= 0.6 is 0 Å². The summed E-state index contributed by atoms with van der Waals surface area (Å²) in [6.07, 6.45) is 7.00. The topological polar surface area (TPSA) is 38.3 Å². The van der Waals surface area contributed by atoms with Crippen LogP contribution in [0.25, 0.3) is 0 Å². The highest BCUT2D eigenvalue weighted by Crippen LogP contribution is 2.13. The molecule has 21 heavy (non-hydrogen) atoms. The van der Waals surface area contributed by atoms with Gasteiger partial charge in [0.05, 0.1) is 6.61 Å². The lowest BCUT2D eigenvalue weighted by molar-refractivity contribution is -0.121. The summed E-state index contributed by atoms with van der Waals surface area (Å²) in [6, 6.07) is 8.24. The van der Waals surface area contributed by atoms with Gasteiger partial charge in [0, 0.05) is 13.0 Å². The lowest BCUT2D eigenvalue weighted by Crippen LogP contribution is -2.24. The van der Waals surface area contributed by atoms with Gasteiger partial charge >= 0.3 is 0 Å². The van der Waals surface area contributed by atoms with Gasteiger partial charge in [-0.25, -0.2) is 0 Å². The highest BCUT2D eigenvalue weighted by molar-refractivity contribution is 5.75. The van der Waals surface area contributed by atoms with E-state index in [1.54, 1.807) is 0 Å². The van der Waals surface area contributed by atoms with Crippen molar-refractivity contribution in [3.05, 3.63) is 29.8 Å². The van der Waals surface area contributed by atoms with Crippen molar-refractivity contribution in [3.8, 4) is 5.75 Å². The standard InChI is InChI=1S/C18H29NO2/c1-3-5-6-14-19-18(20)9-7-15-21-17-12-10-16(8-4-2)11-13-17/h10-13H,3-9,14-15H2,1-2H3,(H,19,20). The van der Waals surface area contributed by atoms with Gasteiger partial charge in [0.2, 0.25) is 5.91 Å². The Balaban J connectivity index is 2.09. The molecule has 0 saturated carbocycles. The largest absolute Gasteiger partial charge is 0.494 e. The minimum absolute atomic E-state index is 0.132. The number of unbranched alkanes of at least 4 members (excludes halogenated alkanes) is 2. The molecule has 1 N–H and O–H groups in total. The van der Waals surface area contributed by atoms with E-state index >= 15 is 0 Å². The molecule has 3 nitrogen and oxygen atoms in total. The third-order valence-electron chi connectivity index (χ3n) is 3.38. The first-order valence-electron chi connectivity index (χ1n) is 8.24. The second-order valence-electron chi connectivity index (χ2n) is 5.40. The molecule has 0 heterocycles. The summed E-state index contributed by atoms with van der Waals surface area (Å²) in [6.45, 7) is 5.73. The Morgan fingerprint density at radius 1 is 1.05 bits per heavy atom. The molecule has 0 bridgehead atoms. The van der Waals surface area contributed by atoms with Gasteiger partial charge in [-0.3, -0.25) is 4.79 Å². The molecule has 0 aromatic heterocycles. The molecule has 118 valence electrons. The molecule has 1 aromatic carbocycles. The predicted octanol–water partition coefficient (Wildman–Crippen LogP) is 4.10. The SMILES string of the molecule is CCCCCNC(=O)CCCOc1ccc(CCC)cc1. The molecular weight excluding hydrogens is 262 g/mol. The Morgan fingerprint density at radius 3 is 2.48 bits per heavy atom. The van der Waals surface area contributed by atoms with E-state index in [1.807, 2.05) is 12.1 Å². The van der Waals surface area contributed by atoms with Crippen molar-refractivity contribution in [1.29, 1.82) is 0 Å². The fraction of sp³-hybridized carbons (Fsp3) is 0.611. The molecule has 0 fully saturated rings. The Kier molecular flexibility index (Phi) is 9.34. The van der Waals surface area contributed by atoms with Crippen molar-refractivity contribution in [1.82, 2.24) is 5.32 Å². The van der Waals surface area contributed by atoms with Crippen molar-refractivity contribution >= 4 is 5.91 Å². The fourth-order valence-corrected chi connectivity index (χ4v) is 2.15. The van der Waals surface area contributed by atoms with Crippen LogP contribution in [0.2, 0.25) is 0 Å². The second-order valence-corrected chi connectivity index (χ2v) is 5.40. The molecule has 0 unspecified atom stereocenters. The van der Waals surface area contributed by atoms with Crippen molar-refractivity contribution in [2.24, 2.45) is 0 Å². The molecule has 0 saturated heterocycles. The molecule has 1 rings (SSSR count). The monoisotopic (exact) mass is 291 g/mol. The van der Waals surface area contributed by atoms with Crippen LogP contribution in [-0.4, -0.2) is 19.1 Å². The van der Waals surface area contributed by atoms with Crippen LogP contribution in [0.1, 0.15) is 57.9 Å². The van der Waals surface area contributed by atoms with Crippen molar-refractivity contribution in [3.63, 3.8) is 0 Å². The number of amides is 1. The number of rotatable bonds is 11. The fourth-order valence-electron chi connectivity index (χ4n) is 2.15. The van der Waals surface area contributed by atoms with Crippen LogP contribution in [0, 0.1) is 0 Å². The van der Waals surface area contributed by atoms with E-state index in [2.05, 4.69) is 31.3 Å². The number of benzene rings is 1. The minimum Gasteiger partial charge on any atom is -0.494 e. The van der Waals surface area contributed by atoms with E-state index < -0.39 is 0 Å². The van der Waals surface area contributed by atoms with Crippen LogP contribution < -0.4 is 10.1 Å². The molecule has 3 heteroatoms. The maximum atomic E-state index is 11.6. The van der Waals surface area contributed by atoms with Gasteiger partial charge in [-0.15, -0.1) is 0 Å². The molecule has 0 aliphatic heterocycles. The first kappa shape index (κ1) is 17.5. The van der Waals surface area contributed by atoms with E-state index in [0.29, 0.717) is 13.0 Å². The summed E-state index contributed by atoms with van der Waals surface area (Å²) in [5.74, 6) is 1.02. The first-order chi connectivity index (χ1) is 10.3. The number of hydrogen-bond donors (Lipinski definition) is 1. The predicted molar refractivity (Wildman–Crippen MR) is 87.7 cm³/mol. The van der Waals surface area contributed by atoms with E-state index in [1.165, 1.54) is 18.4 Å². The number of carbonyl (C=O) groups excluding carboxylic acids is 1. The quantitative estimate of drug-likeness (QED) is 0.623. The van der Waals surface area contributed by atoms with Crippen LogP contribution in [0.4, 0.5) is 0 Å². The number of hydrogen-bond acceptors (Lipinski definition) is 2. The van der Waals surface area contributed by atoms with Gasteiger partial charge in [0.15, 0.2) is 0 Å². The molecule has 1 aromatic rings. The zero-order chi connectivity index (χ0) is 15.3. The van der Waals surface area contributed by atoms with Gasteiger partial charge in [-0.05, 0) is 37.0 Å². The van der Waals surface area contributed by atoms with Crippen molar-refractivity contribution in [2.75, 3.05) is 13.2 Å². The molecule has 1 amide bonds. The zero-order valence-electron chi connectivity index (χ0n) is 13.5. The number of nitrogens with one attached hydrogen (secondary N) is 1. The maximum Gasteiger partial charge on any atom is 0.220 e. The average molecular weight is 291 g/mol. The Bertz CT molecular complexity index is 387. The molecule has 0 aliphatic carbocycles. The van der Waals surface area contributed by atoms with Gasteiger partial charge in [0.25, 0.3) is 0 Å².